The lowest BCUT2D eigenvalue weighted by Crippen LogP contribution is -2.63. The van der Waals surface area contributed by atoms with E-state index in [-0.39, 0.29) is 0 Å². The van der Waals surface area contributed by atoms with Crippen LogP contribution in [0.25, 0.3) is 0 Å². The van der Waals surface area contributed by atoms with Gasteiger partial charge in [0.05, 0.1) is 0 Å². The van der Waals surface area contributed by atoms with Gasteiger partial charge in [0.25, 0.3) is 0 Å². The first-order valence-corrected chi connectivity index (χ1v) is 21.5. The van der Waals surface area contributed by atoms with Crippen LogP contribution in [-0.4, -0.2) is 120 Å². The van der Waals surface area contributed by atoms with Gasteiger partial charge in [-0.1, -0.05) is 41.5 Å². The zero-order chi connectivity index (χ0) is 39.1. The molecule has 51 heavy (non-hydrogen) atoms. The van der Waals surface area contributed by atoms with Gasteiger partial charge in [0.1, 0.15) is 0 Å². The quantitative estimate of drug-likeness (QED) is 0.260. The molecule has 6 heterocycles. The smallest absolute Gasteiger partial charge is 0.0125 e. The van der Waals surface area contributed by atoms with Crippen LogP contribution >= 0.6 is 0 Å². The number of piperidine rings is 1. The van der Waals surface area contributed by atoms with Crippen LogP contribution in [0.2, 0.25) is 0 Å². The minimum atomic E-state index is 0.346. The lowest BCUT2D eigenvalue weighted by molar-refractivity contribution is -0.0466. The Balaban J connectivity index is 0.000000242. The Kier molecular flexibility index (Phi) is 17.1. The van der Waals surface area contributed by atoms with E-state index in [2.05, 4.69) is 155 Å². The highest BCUT2D eigenvalue weighted by Crippen LogP contribution is 2.44. The summed E-state index contributed by atoms with van der Waals surface area (Å²) in [7, 11) is 0. The number of rotatable bonds is 0. The maximum absolute atomic E-state index is 3.52. The highest BCUT2D eigenvalue weighted by molar-refractivity contribution is 5.04. The summed E-state index contributed by atoms with van der Waals surface area (Å²) >= 11 is 0. The molecule has 0 saturated carbocycles. The molecule has 0 aromatic rings. The molecule has 3 spiro atoms. The van der Waals surface area contributed by atoms with E-state index in [4.69, 9.17) is 0 Å². The van der Waals surface area contributed by atoms with Crippen LogP contribution in [0.3, 0.4) is 0 Å². The zero-order valence-corrected chi connectivity index (χ0v) is 38.2. The van der Waals surface area contributed by atoms with Crippen molar-refractivity contribution in [1.82, 2.24) is 30.2 Å². The number of likely N-dealkylation sites (tertiary alicyclic amines) is 4. The van der Waals surface area contributed by atoms with Crippen molar-refractivity contribution in [3.8, 4) is 0 Å². The first kappa shape index (κ1) is 46.9. The fourth-order valence-corrected chi connectivity index (χ4v) is 8.53. The van der Waals surface area contributed by atoms with Gasteiger partial charge in [0.15, 0.2) is 0 Å². The van der Waals surface area contributed by atoms with Crippen LogP contribution in [0.5, 0.6) is 0 Å². The van der Waals surface area contributed by atoms with Gasteiger partial charge in [-0.2, -0.15) is 0 Å². The summed E-state index contributed by atoms with van der Waals surface area (Å²) in [6, 6.07) is 0. The fraction of sp³-hybridized carbons (Fsp3) is 1.00. The molecule has 2 N–H and O–H groups in total. The van der Waals surface area contributed by atoms with Crippen LogP contribution in [0.1, 0.15) is 163 Å². The maximum atomic E-state index is 3.52. The third-order valence-corrected chi connectivity index (χ3v) is 12.2. The molecule has 6 rings (SSSR count). The van der Waals surface area contributed by atoms with Gasteiger partial charge in [-0.25, -0.2) is 0 Å². The summed E-state index contributed by atoms with van der Waals surface area (Å²) in [6.07, 6.45) is 8.40. The predicted octanol–water partition coefficient (Wildman–Crippen LogP) is 9.25. The number of nitrogens with one attached hydrogen (secondary N) is 2. The van der Waals surface area contributed by atoms with E-state index in [9.17, 15) is 0 Å². The molecule has 6 aliphatic rings. The second kappa shape index (κ2) is 18.6. The van der Waals surface area contributed by atoms with E-state index < -0.39 is 0 Å². The number of hydrogen-bond donors (Lipinski definition) is 2. The minimum absolute atomic E-state index is 0.346. The van der Waals surface area contributed by atoms with Gasteiger partial charge in [-0.3, -0.25) is 19.6 Å². The van der Waals surface area contributed by atoms with Crippen LogP contribution in [0.4, 0.5) is 0 Å². The van der Waals surface area contributed by atoms with Gasteiger partial charge in [-0.15, -0.1) is 0 Å². The maximum Gasteiger partial charge on any atom is 0.0125 e. The summed E-state index contributed by atoms with van der Waals surface area (Å²) in [6.45, 7) is 56.4. The van der Waals surface area contributed by atoms with Crippen molar-refractivity contribution in [2.24, 2.45) is 28.1 Å². The van der Waals surface area contributed by atoms with Crippen LogP contribution < -0.4 is 10.6 Å². The molecule has 6 nitrogen and oxygen atoms in total. The van der Waals surface area contributed by atoms with E-state index in [0.717, 1.165) is 11.8 Å². The normalized spacial score (nSPS) is 25.2. The molecule has 0 bridgehead atoms. The van der Waals surface area contributed by atoms with Crippen molar-refractivity contribution in [1.29, 1.82) is 0 Å². The van der Waals surface area contributed by atoms with E-state index in [1.165, 1.54) is 117 Å². The molecule has 0 amide bonds. The Morgan fingerprint density at radius 2 is 0.647 bits per heavy atom. The second-order valence-electron chi connectivity index (χ2n) is 23.2. The third-order valence-electron chi connectivity index (χ3n) is 12.2. The molecule has 0 aromatic heterocycles. The Morgan fingerprint density at radius 1 is 0.373 bits per heavy atom. The largest absolute Gasteiger partial charge is 0.316 e. The van der Waals surface area contributed by atoms with Gasteiger partial charge >= 0.3 is 0 Å². The molecule has 6 aliphatic heterocycles. The van der Waals surface area contributed by atoms with Crippen LogP contribution in [0.15, 0.2) is 0 Å². The van der Waals surface area contributed by atoms with Crippen LogP contribution in [-0.2, 0) is 0 Å². The van der Waals surface area contributed by atoms with Crippen molar-refractivity contribution in [2.75, 3.05) is 78.5 Å². The molecule has 6 heteroatoms. The SMILES string of the molecule is CC(C)(C)N1CC2(CCNC2)C1.CC(C)(C)N1CCC2(CCN(C(C)(C)C)C2)C1.CC(C)(C)N1CCC2(CCNC2)CC1.CC(C)C.CC(C)C. The minimum Gasteiger partial charge on any atom is -0.316 e. The zero-order valence-electron chi connectivity index (χ0n) is 38.2. The molecule has 304 valence electrons. The highest BCUT2D eigenvalue weighted by Gasteiger charge is 2.49. The Labute approximate surface area is 321 Å². The molecule has 0 radical (unpaired) electrons. The Morgan fingerprint density at radius 3 is 0.922 bits per heavy atom. The molecule has 0 aromatic carbocycles. The Hall–Kier alpha value is -0.240. The standard InChI is InChI=1S/C15H30N2.C12H24N2.C10H20N2.2C4H10/c1-13(2,3)16-9-7-15(11-16)8-10-17(12-15)14(4,5)6;1-11(2,3)14-8-5-12(6-9-14)4-7-13-10-12;1-9(2,3)12-7-10(8-12)4-5-11-6-10;2*1-4(2)3/h7-12H2,1-6H3;13H,4-10H2,1-3H3;11H,4-8H2,1-3H3;2*4H,1-3H3. The number of hydrogen-bond acceptors (Lipinski definition) is 6. The van der Waals surface area contributed by atoms with Crippen molar-refractivity contribution in [2.45, 2.75) is 185 Å². The predicted molar refractivity (Wildman–Crippen MR) is 227 cm³/mol. The summed E-state index contributed by atoms with van der Waals surface area (Å²) < 4.78 is 0. The van der Waals surface area contributed by atoms with Gasteiger partial charge < -0.3 is 10.6 Å². The molecule has 6 fully saturated rings. The van der Waals surface area contributed by atoms with Crippen molar-refractivity contribution < 1.29 is 0 Å². The summed E-state index contributed by atoms with van der Waals surface area (Å²) in [5.74, 6) is 1.67. The lowest BCUT2D eigenvalue weighted by atomic mass is 9.76. The summed E-state index contributed by atoms with van der Waals surface area (Å²) in [5, 5.41) is 6.98. The second-order valence-corrected chi connectivity index (χ2v) is 23.2. The van der Waals surface area contributed by atoms with E-state index in [0.29, 0.717) is 38.4 Å². The molecule has 6 saturated heterocycles. The van der Waals surface area contributed by atoms with E-state index >= 15 is 0 Å². The molecular weight excluding hydrogens is 625 g/mol. The topological polar surface area (TPSA) is 37.0 Å². The summed E-state index contributed by atoms with van der Waals surface area (Å²) in [5.41, 5.74) is 3.37. The number of nitrogens with zero attached hydrogens (tertiary/aromatic N) is 4. The fourth-order valence-electron chi connectivity index (χ4n) is 8.53. The Bertz CT molecular complexity index is 919. The molecule has 0 atom stereocenters. The van der Waals surface area contributed by atoms with Gasteiger partial charge in [0, 0.05) is 66.8 Å². The summed E-state index contributed by atoms with van der Waals surface area (Å²) in [4.78, 5) is 10.6. The monoisotopic (exact) mass is 719 g/mol. The van der Waals surface area contributed by atoms with E-state index in [1.54, 1.807) is 0 Å². The highest BCUT2D eigenvalue weighted by atomic mass is 15.3. The van der Waals surface area contributed by atoms with Gasteiger partial charge in [0.2, 0.25) is 0 Å². The van der Waals surface area contributed by atoms with Crippen LogP contribution in [0, 0.1) is 28.1 Å². The average molecular weight is 719 g/mol. The van der Waals surface area contributed by atoms with Gasteiger partial charge in [-0.05, 0) is 184 Å². The average Bonchev–Trinajstić information content (AvgIpc) is 3.75. The first-order valence-electron chi connectivity index (χ1n) is 21.5. The molecular formula is C45H94N6. The molecule has 0 unspecified atom stereocenters. The molecule has 0 aliphatic carbocycles. The first-order chi connectivity index (χ1) is 23.1. The van der Waals surface area contributed by atoms with Crippen molar-refractivity contribution in [3.05, 3.63) is 0 Å². The van der Waals surface area contributed by atoms with Crippen molar-refractivity contribution in [3.63, 3.8) is 0 Å². The lowest BCUT2D eigenvalue weighted by Gasteiger charge is -2.54. The third kappa shape index (κ3) is 15.4. The van der Waals surface area contributed by atoms with Crippen molar-refractivity contribution >= 4 is 0 Å². The van der Waals surface area contributed by atoms with E-state index in [1.807, 2.05) is 0 Å².